The van der Waals surface area contributed by atoms with Crippen molar-refractivity contribution in [2.45, 2.75) is 0 Å². The highest BCUT2D eigenvalue weighted by atomic mass is 14.7. The lowest BCUT2D eigenvalue weighted by atomic mass is 10.1. The SMILES string of the molecule is N=C(c1ccccc1)c1ncccc1N. The summed E-state index contributed by atoms with van der Waals surface area (Å²) in [6.45, 7) is 0. The van der Waals surface area contributed by atoms with Crippen LogP contribution in [0.4, 0.5) is 5.69 Å². The van der Waals surface area contributed by atoms with E-state index in [0.717, 1.165) is 5.56 Å². The fourth-order valence-corrected chi connectivity index (χ4v) is 1.37. The van der Waals surface area contributed by atoms with Crippen LogP contribution in [0.2, 0.25) is 0 Å². The first kappa shape index (κ1) is 9.40. The number of nitrogen functional groups attached to an aromatic ring is 1. The molecule has 3 nitrogen and oxygen atoms in total. The minimum atomic E-state index is 0.355. The molecule has 3 heteroatoms. The van der Waals surface area contributed by atoms with Gasteiger partial charge in [0.2, 0.25) is 0 Å². The normalized spacial score (nSPS) is 9.87. The van der Waals surface area contributed by atoms with Crippen molar-refractivity contribution >= 4 is 11.4 Å². The molecule has 0 fully saturated rings. The highest BCUT2D eigenvalue weighted by Crippen LogP contribution is 2.12. The highest BCUT2D eigenvalue weighted by Gasteiger charge is 2.08. The molecule has 0 bridgehead atoms. The van der Waals surface area contributed by atoms with Crippen LogP contribution in [0, 0.1) is 5.41 Å². The standard InChI is InChI=1S/C12H11N3/c13-10-7-4-8-15-12(10)11(14)9-5-2-1-3-6-9/h1-8,14H,13H2. The molecular weight excluding hydrogens is 186 g/mol. The molecule has 0 unspecified atom stereocenters. The van der Waals surface area contributed by atoms with Crippen molar-refractivity contribution in [2.24, 2.45) is 0 Å². The molecule has 0 spiro atoms. The van der Waals surface area contributed by atoms with Crippen LogP contribution in [-0.4, -0.2) is 10.7 Å². The van der Waals surface area contributed by atoms with Crippen LogP contribution in [0.1, 0.15) is 11.3 Å². The van der Waals surface area contributed by atoms with E-state index in [-0.39, 0.29) is 0 Å². The van der Waals surface area contributed by atoms with Gasteiger partial charge in [-0.15, -0.1) is 0 Å². The molecule has 3 N–H and O–H groups in total. The largest absolute Gasteiger partial charge is 0.397 e. The van der Waals surface area contributed by atoms with Crippen LogP contribution in [0.3, 0.4) is 0 Å². The zero-order chi connectivity index (χ0) is 10.7. The first-order valence-corrected chi connectivity index (χ1v) is 4.64. The lowest BCUT2D eigenvalue weighted by molar-refractivity contribution is 1.27. The highest BCUT2D eigenvalue weighted by molar-refractivity contribution is 6.12. The Morgan fingerprint density at radius 2 is 1.80 bits per heavy atom. The molecule has 0 atom stereocenters. The number of hydrogen-bond acceptors (Lipinski definition) is 3. The lowest BCUT2D eigenvalue weighted by Gasteiger charge is -2.05. The predicted molar refractivity (Wildman–Crippen MR) is 61.0 cm³/mol. The summed E-state index contributed by atoms with van der Waals surface area (Å²) in [5, 5.41) is 7.97. The van der Waals surface area contributed by atoms with Crippen molar-refractivity contribution in [3.63, 3.8) is 0 Å². The third-order valence-corrected chi connectivity index (χ3v) is 2.14. The Morgan fingerprint density at radius 1 is 1.07 bits per heavy atom. The summed E-state index contributed by atoms with van der Waals surface area (Å²) in [4.78, 5) is 4.11. The average molecular weight is 197 g/mol. The Morgan fingerprint density at radius 3 is 2.47 bits per heavy atom. The van der Waals surface area contributed by atoms with Gasteiger partial charge in [0, 0.05) is 11.8 Å². The summed E-state index contributed by atoms with van der Waals surface area (Å²) in [7, 11) is 0. The van der Waals surface area contributed by atoms with Gasteiger partial charge in [-0.05, 0) is 12.1 Å². The molecule has 2 rings (SSSR count). The third kappa shape index (κ3) is 1.86. The van der Waals surface area contributed by atoms with Gasteiger partial charge in [-0.25, -0.2) is 0 Å². The second-order valence-electron chi connectivity index (χ2n) is 3.18. The van der Waals surface area contributed by atoms with Crippen LogP contribution >= 0.6 is 0 Å². The number of anilines is 1. The minimum Gasteiger partial charge on any atom is -0.397 e. The van der Waals surface area contributed by atoms with E-state index in [4.69, 9.17) is 11.1 Å². The Kier molecular flexibility index (Phi) is 2.46. The molecule has 15 heavy (non-hydrogen) atoms. The summed E-state index contributed by atoms with van der Waals surface area (Å²) in [5.74, 6) is 0. The molecule has 0 aliphatic heterocycles. The van der Waals surface area contributed by atoms with Gasteiger partial charge in [-0.3, -0.25) is 10.4 Å². The fourth-order valence-electron chi connectivity index (χ4n) is 1.37. The summed E-state index contributed by atoms with van der Waals surface area (Å²) in [6, 6.07) is 13.0. The molecule has 1 heterocycles. The molecule has 2 aromatic rings. The van der Waals surface area contributed by atoms with Gasteiger partial charge in [-0.1, -0.05) is 30.3 Å². The zero-order valence-electron chi connectivity index (χ0n) is 8.14. The van der Waals surface area contributed by atoms with Crippen LogP contribution in [0.15, 0.2) is 48.7 Å². The quantitative estimate of drug-likeness (QED) is 0.724. The number of nitrogens with two attached hydrogens (primary N) is 1. The Bertz CT molecular complexity index is 477. The molecule has 1 aromatic carbocycles. The zero-order valence-corrected chi connectivity index (χ0v) is 8.14. The molecular formula is C12H11N3. The number of nitrogens with one attached hydrogen (secondary N) is 1. The molecule has 0 aliphatic carbocycles. The number of pyridine rings is 1. The van der Waals surface area contributed by atoms with Crippen molar-refractivity contribution < 1.29 is 0 Å². The van der Waals surface area contributed by atoms with E-state index < -0.39 is 0 Å². The van der Waals surface area contributed by atoms with Crippen LogP contribution in [0.25, 0.3) is 0 Å². The molecule has 0 saturated heterocycles. The first-order valence-electron chi connectivity index (χ1n) is 4.64. The Labute approximate surface area is 88.1 Å². The van der Waals surface area contributed by atoms with E-state index in [2.05, 4.69) is 4.98 Å². The number of aromatic nitrogens is 1. The van der Waals surface area contributed by atoms with E-state index in [9.17, 15) is 0 Å². The fraction of sp³-hybridized carbons (Fsp3) is 0. The van der Waals surface area contributed by atoms with Crippen LogP contribution in [-0.2, 0) is 0 Å². The number of benzene rings is 1. The van der Waals surface area contributed by atoms with Gasteiger partial charge in [0.15, 0.2) is 0 Å². The summed E-state index contributed by atoms with van der Waals surface area (Å²) in [6.07, 6.45) is 1.64. The van der Waals surface area contributed by atoms with Gasteiger partial charge >= 0.3 is 0 Å². The average Bonchev–Trinajstić information content (AvgIpc) is 2.30. The van der Waals surface area contributed by atoms with Gasteiger partial charge in [0.25, 0.3) is 0 Å². The predicted octanol–water partition coefficient (Wildman–Crippen LogP) is 2.08. The van der Waals surface area contributed by atoms with Crippen molar-refractivity contribution in [2.75, 3.05) is 5.73 Å². The maximum Gasteiger partial charge on any atom is 0.111 e. The number of hydrogen-bond donors (Lipinski definition) is 2. The molecule has 0 radical (unpaired) electrons. The molecule has 0 aliphatic rings. The van der Waals surface area contributed by atoms with E-state index >= 15 is 0 Å². The maximum atomic E-state index is 7.97. The Balaban J connectivity index is 2.42. The van der Waals surface area contributed by atoms with Gasteiger partial charge in [0.05, 0.1) is 11.4 Å². The second kappa shape index (κ2) is 3.92. The van der Waals surface area contributed by atoms with E-state index in [0.29, 0.717) is 17.1 Å². The van der Waals surface area contributed by atoms with Gasteiger partial charge < -0.3 is 5.73 Å². The van der Waals surface area contributed by atoms with E-state index in [1.807, 2.05) is 30.3 Å². The van der Waals surface area contributed by atoms with Crippen molar-refractivity contribution in [3.8, 4) is 0 Å². The summed E-state index contributed by atoms with van der Waals surface area (Å²) in [5.41, 5.74) is 8.00. The molecule has 0 amide bonds. The molecule has 0 saturated carbocycles. The molecule has 1 aromatic heterocycles. The first-order chi connectivity index (χ1) is 7.29. The van der Waals surface area contributed by atoms with Gasteiger partial charge in [0.1, 0.15) is 5.69 Å². The molecule has 74 valence electrons. The summed E-state index contributed by atoms with van der Waals surface area (Å²) >= 11 is 0. The van der Waals surface area contributed by atoms with Crippen molar-refractivity contribution in [3.05, 3.63) is 59.9 Å². The third-order valence-electron chi connectivity index (χ3n) is 2.14. The minimum absolute atomic E-state index is 0.355. The topological polar surface area (TPSA) is 62.8 Å². The van der Waals surface area contributed by atoms with E-state index in [1.54, 1.807) is 18.3 Å². The van der Waals surface area contributed by atoms with E-state index in [1.165, 1.54) is 0 Å². The number of nitrogens with zero attached hydrogens (tertiary/aromatic N) is 1. The van der Waals surface area contributed by atoms with Crippen LogP contribution in [0.5, 0.6) is 0 Å². The Hall–Kier alpha value is -2.16. The second-order valence-corrected chi connectivity index (χ2v) is 3.18. The maximum absolute atomic E-state index is 7.97. The smallest absolute Gasteiger partial charge is 0.111 e. The van der Waals surface area contributed by atoms with Crippen molar-refractivity contribution in [1.82, 2.24) is 4.98 Å². The monoisotopic (exact) mass is 197 g/mol. The lowest BCUT2D eigenvalue weighted by Crippen LogP contribution is -2.07. The van der Waals surface area contributed by atoms with Gasteiger partial charge in [-0.2, -0.15) is 0 Å². The van der Waals surface area contributed by atoms with Crippen molar-refractivity contribution in [1.29, 1.82) is 5.41 Å². The van der Waals surface area contributed by atoms with Crippen LogP contribution < -0.4 is 5.73 Å². The number of rotatable bonds is 2. The summed E-state index contributed by atoms with van der Waals surface area (Å²) < 4.78 is 0.